The van der Waals surface area contributed by atoms with E-state index in [4.69, 9.17) is 0 Å². The molecule has 1 aromatic heterocycles. The molecule has 0 bridgehead atoms. The van der Waals surface area contributed by atoms with E-state index in [1.807, 2.05) is 32.0 Å². The van der Waals surface area contributed by atoms with Crippen LogP contribution in [0.1, 0.15) is 18.3 Å². The van der Waals surface area contributed by atoms with Crippen LogP contribution in [-0.2, 0) is 0 Å². The molecule has 0 unspecified atom stereocenters. The Morgan fingerprint density at radius 3 is 2.53 bits per heavy atom. The van der Waals surface area contributed by atoms with E-state index in [-0.39, 0.29) is 0 Å². The van der Waals surface area contributed by atoms with Crippen molar-refractivity contribution in [1.82, 2.24) is 9.97 Å². The Labute approximate surface area is 121 Å². The Kier molecular flexibility index (Phi) is 4.37. The fourth-order valence-electron chi connectivity index (χ4n) is 1.77. The van der Waals surface area contributed by atoms with E-state index in [1.165, 1.54) is 5.56 Å². The molecule has 0 saturated carbocycles. The van der Waals surface area contributed by atoms with Crippen LogP contribution in [0.3, 0.4) is 0 Å². The summed E-state index contributed by atoms with van der Waals surface area (Å²) in [5.74, 6) is 2.38. The number of aryl methyl sites for hydroxylation is 2. The first-order valence-electron chi connectivity index (χ1n) is 6.21. The Hall–Kier alpha value is -1.62. The predicted molar refractivity (Wildman–Crippen MR) is 83.1 cm³/mol. The minimum Gasteiger partial charge on any atom is -0.370 e. The second kappa shape index (κ2) is 6.02. The Balaban J connectivity index is 2.24. The summed E-state index contributed by atoms with van der Waals surface area (Å²) in [5, 5.41) is 6.50. The maximum atomic E-state index is 4.39. The lowest BCUT2D eigenvalue weighted by atomic mass is 10.2. The molecule has 5 heteroatoms. The number of aromatic nitrogens is 2. The van der Waals surface area contributed by atoms with Crippen molar-refractivity contribution in [3.8, 4) is 0 Å². The molecule has 2 N–H and O–H groups in total. The SMILES string of the molecule is CCNc1cc(Nc2ccc(Br)c(C)c2)nc(C)n1. The van der Waals surface area contributed by atoms with Gasteiger partial charge in [-0.15, -0.1) is 0 Å². The lowest BCUT2D eigenvalue weighted by molar-refractivity contribution is 1.04. The van der Waals surface area contributed by atoms with Gasteiger partial charge in [-0.05, 0) is 44.5 Å². The Morgan fingerprint density at radius 1 is 1.11 bits per heavy atom. The molecule has 4 nitrogen and oxygen atoms in total. The van der Waals surface area contributed by atoms with E-state index in [2.05, 4.69) is 49.5 Å². The maximum Gasteiger partial charge on any atom is 0.136 e. The molecule has 0 fully saturated rings. The van der Waals surface area contributed by atoms with Gasteiger partial charge in [-0.25, -0.2) is 9.97 Å². The van der Waals surface area contributed by atoms with Gasteiger partial charge in [-0.3, -0.25) is 0 Å². The largest absolute Gasteiger partial charge is 0.370 e. The summed E-state index contributed by atoms with van der Waals surface area (Å²) in [4.78, 5) is 8.72. The van der Waals surface area contributed by atoms with Crippen LogP contribution in [0.2, 0.25) is 0 Å². The molecule has 0 amide bonds. The van der Waals surface area contributed by atoms with Gasteiger partial charge in [0, 0.05) is 22.8 Å². The molecular formula is C14H17BrN4. The fraction of sp³-hybridized carbons (Fsp3) is 0.286. The number of halogens is 1. The molecule has 2 rings (SSSR count). The standard InChI is InChI=1S/C14H17BrN4/c1-4-16-13-8-14(18-10(3)17-13)19-11-5-6-12(15)9(2)7-11/h5-8H,4H2,1-3H3,(H2,16,17,18,19). The van der Waals surface area contributed by atoms with E-state index in [9.17, 15) is 0 Å². The first-order chi connectivity index (χ1) is 9.08. The van der Waals surface area contributed by atoms with Gasteiger partial charge in [-0.1, -0.05) is 15.9 Å². The van der Waals surface area contributed by atoms with E-state index >= 15 is 0 Å². The van der Waals surface area contributed by atoms with Gasteiger partial charge in [0.05, 0.1) is 0 Å². The van der Waals surface area contributed by atoms with E-state index < -0.39 is 0 Å². The van der Waals surface area contributed by atoms with Crippen molar-refractivity contribution in [2.24, 2.45) is 0 Å². The highest BCUT2D eigenvalue weighted by molar-refractivity contribution is 9.10. The second-order valence-corrected chi connectivity index (χ2v) is 5.16. The van der Waals surface area contributed by atoms with Gasteiger partial charge >= 0.3 is 0 Å². The smallest absolute Gasteiger partial charge is 0.136 e. The average Bonchev–Trinajstić information content (AvgIpc) is 2.33. The second-order valence-electron chi connectivity index (χ2n) is 4.30. The molecule has 100 valence electrons. The third-order valence-corrected chi connectivity index (χ3v) is 3.52. The predicted octanol–water partition coefficient (Wildman–Crippen LogP) is 4.03. The summed E-state index contributed by atoms with van der Waals surface area (Å²) in [6, 6.07) is 8.03. The van der Waals surface area contributed by atoms with E-state index in [0.717, 1.165) is 34.2 Å². The van der Waals surface area contributed by atoms with Crippen molar-refractivity contribution in [1.29, 1.82) is 0 Å². The normalized spacial score (nSPS) is 10.3. The average molecular weight is 321 g/mol. The fourth-order valence-corrected chi connectivity index (χ4v) is 2.02. The number of nitrogens with one attached hydrogen (secondary N) is 2. The van der Waals surface area contributed by atoms with Crippen LogP contribution < -0.4 is 10.6 Å². The summed E-state index contributed by atoms with van der Waals surface area (Å²) < 4.78 is 1.10. The summed E-state index contributed by atoms with van der Waals surface area (Å²) in [5.41, 5.74) is 2.20. The van der Waals surface area contributed by atoms with Gasteiger partial charge in [0.15, 0.2) is 0 Å². The molecule has 0 aliphatic heterocycles. The number of benzene rings is 1. The summed E-state index contributed by atoms with van der Waals surface area (Å²) in [6.07, 6.45) is 0. The molecule has 0 spiro atoms. The molecule has 0 atom stereocenters. The van der Waals surface area contributed by atoms with Gasteiger partial charge < -0.3 is 10.6 Å². The molecule has 0 aliphatic rings. The highest BCUT2D eigenvalue weighted by Gasteiger charge is 2.03. The Bertz CT molecular complexity index is 584. The zero-order chi connectivity index (χ0) is 13.8. The summed E-state index contributed by atoms with van der Waals surface area (Å²) in [7, 11) is 0. The van der Waals surface area contributed by atoms with E-state index in [1.54, 1.807) is 0 Å². The van der Waals surface area contributed by atoms with Crippen LogP contribution in [0.15, 0.2) is 28.7 Å². The molecule has 2 aromatic rings. The number of anilines is 3. The zero-order valence-electron chi connectivity index (χ0n) is 11.3. The summed E-state index contributed by atoms with van der Waals surface area (Å²) in [6.45, 7) is 6.83. The molecule has 19 heavy (non-hydrogen) atoms. The van der Waals surface area contributed by atoms with Gasteiger partial charge in [0.1, 0.15) is 17.5 Å². The maximum absolute atomic E-state index is 4.39. The van der Waals surface area contributed by atoms with E-state index in [0.29, 0.717) is 0 Å². The number of nitrogens with zero attached hydrogens (tertiary/aromatic N) is 2. The monoisotopic (exact) mass is 320 g/mol. The van der Waals surface area contributed by atoms with Gasteiger partial charge in [-0.2, -0.15) is 0 Å². The van der Waals surface area contributed by atoms with Crippen LogP contribution in [0, 0.1) is 13.8 Å². The van der Waals surface area contributed by atoms with Crippen molar-refractivity contribution in [2.45, 2.75) is 20.8 Å². The van der Waals surface area contributed by atoms with Gasteiger partial charge in [0.2, 0.25) is 0 Å². The van der Waals surface area contributed by atoms with Gasteiger partial charge in [0.25, 0.3) is 0 Å². The molecule has 0 aliphatic carbocycles. The minimum absolute atomic E-state index is 0.745. The highest BCUT2D eigenvalue weighted by atomic mass is 79.9. The lowest BCUT2D eigenvalue weighted by Crippen LogP contribution is -2.04. The first kappa shape index (κ1) is 13.8. The van der Waals surface area contributed by atoms with Crippen molar-refractivity contribution in [3.05, 3.63) is 40.1 Å². The van der Waals surface area contributed by atoms with Crippen LogP contribution in [0.5, 0.6) is 0 Å². The number of rotatable bonds is 4. The third kappa shape index (κ3) is 3.67. The molecule has 0 saturated heterocycles. The number of hydrogen-bond donors (Lipinski definition) is 2. The molecule has 1 heterocycles. The lowest BCUT2D eigenvalue weighted by Gasteiger charge is -2.10. The van der Waals surface area contributed by atoms with Crippen molar-refractivity contribution in [3.63, 3.8) is 0 Å². The minimum atomic E-state index is 0.745. The first-order valence-corrected chi connectivity index (χ1v) is 7.00. The van der Waals surface area contributed by atoms with Crippen LogP contribution >= 0.6 is 15.9 Å². The molecular weight excluding hydrogens is 304 g/mol. The van der Waals surface area contributed by atoms with Crippen LogP contribution in [0.25, 0.3) is 0 Å². The van der Waals surface area contributed by atoms with Crippen molar-refractivity contribution < 1.29 is 0 Å². The molecule has 1 aromatic carbocycles. The highest BCUT2D eigenvalue weighted by Crippen LogP contribution is 2.23. The topological polar surface area (TPSA) is 49.8 Å². The summed E-state index contributed by atoms with van der Waals surface area (Å²) >= 11 is 3.50. The molecule has 0 radical (unpaired) electrons. The number of hydrogen-bond acceptors (Lipinski definition) is 4. The zero-order valence-corrected chi connectivity index (χ0v) is 12.9. The van der Waals surface area contributed by atoms with Crippen molar-refractivity contribution in [2.75, 3.05) is 17.2 Å². The Morgan fingerprint density at radius 2 is 1.84 bits per heavy atom. The quantitative estimate of drug-likeness (QED) is 0.892. The van der Waals surface area contributed by atoms with Crippen LogP contribution in [0.4, 0.5) is 17.3 Å². The van der Waals surface area contributed by atoms with Crippen molar-refractivity contribution >= 4 is 33.3 Å². The third-order valence-electron chi connectivity index (χ3n) is 2.63. The van der Waals surface area contributed by atoms with Crippen LogP contribution in [-0.4, -0.2) is 16.5 Å².